The highest BCUT2D eigenvalue weighted by Crippen LogP contribution is 2.22. The molecule has 82 valence electrons. The standard InChI is InChI=1S/C10H10BrClFNO/c11-7-3-1-4-8(10(7)13)14-9(15)5-2-6-12/h1,3-4H,2,5-6H2,(H,14,15). The summed E-state index contributed by atoms with van der Waals surface area (Å²) >= 11 is 8.48. The maximum Gasteiger partial charge on any atom is 0.224 e. The Morgan fingerprint density at radius 3 is 2.93 bits per heavy atom. The van der Waals surface area contributed by atoms with E-state index in [2.05, 4.69) is 21.2 Å². The third kappa shape index (κ3) is 3.80. The maximum atomic E-state index is 13.4. The van der Waals surface area contributed by atoms with Crippen molar-refractivity contribution in [2.45, 2.75) is 12.8 Å². The summed E-state index contributed by atoms with van der Waals surface area (Å²) in [5.41, 5.74) is 0.184. The summed E-state index contributed by atoms with van der Waals surface area (Å²) in [5.74, 6) is -0.265. The number of halogens is 3. The van der Waals surface area contributed by atoms with Crippen molar-refractivity contribution >= 4 is 39.1 Å². The summed E-state index contributed by atoms with van der Waals surface area (Å²) in [7, 11) is 0. The summed E-state index contributed by atoms with van der Waals surface area (Å²) in [6.07, 6.45) is 0.887. The van der Waals surface area contributed by atoms with Gasteiger partial charge in [-0.1, -0.05) is 6.07 Å². The number of hydrogen-bond acceptors (Lipinski definition) is 1. The first-order valence-corrected chi connectivity index (χ1v) is 5.77. The fourth-order valence-electron chi connectivity index (χ4n) is 1.04. The molecule has 0 saturated heterocycles. The van der Waals surface area contributed by atoms with Crippen LogP contribution in [-0.4, -0.2) is 11.8 Å². The summed E-state index contributed by atoms with van der Waals surface area (Å²) in [4.78, 5) is 11.3. The zero-order valence-electron chi connectivity index (χ0n) is 7.90. The second-order valence-electron chi connectivity index (χ2n) is 2.94. The summed E-state index contributed by atoms with van der Waals surface area (Å²) in [6, 6.07) is 4.74. The minimum absolute atomic E-state index is 0.184. The second-order valence-corrected chi connectivity index (χ2v) is 4.17. The molecule has 0 atom stereocenters. The lowest BCUT2D eigenvalue weighted by atomic mass is 10.2. The van der Waals surface area contributed by atoms with Gasteiger partial charge in [0, 0.05) is 12.3 Å². The molecule has 0 aliphatic heterocycles. The van der Waals surface area contributed by atoms with Gasteiger partial charge in [0.15, 0.2) is 5.82 Å². The topological polar surface area (TPSA) is 29.1 Å². The lowest BCUT2D eigenvalue weighted by Crippen LogP contribution is -2.12. The van der Waals surface area contributed by atoms with Gasteiger partial charge in [-0.15, -0.1) is 11.6 Å². The molecule has 15 heavy (non-hydrogen) atoms. The average molecular weight is 295 g/mol. The van der Waals surface area contributed by atoms with Crippen LogP contribution in [-0.2, 0) is 4.79 Å². The molecule has 0 bridgehead atoms. The number of benzene rings is 1. The first-order valence-electron chi connectivity index (χ1n) is 4.45. The molecule has 0 radical (unpaired) electrons. The van der Waals surface area contributed by atoms with Crippen molar-refractivity contribution in [3.8, 4) is 0 Å². The molecule has 0 spiro atoms. The molecule has 0 aliphatic rings. The molecule has 0 aliphatic carbocycles. The number of carbonyl (C=O) groups excluding carboxylic acids is 1. The molecule has 5 heteroatoms. The van der Waals surface area contributed by atoms with Gasteiger partial charge in [-0.2, -0.15) is 0 Å². The van der Waals surface area contributed by atoms with E-state index < -0.39 is 5.82 Å². The molecule has 1 amide bonds. The van der Waals surface area contributed by atoms with Crippen LogP contribution in [0.1, 0.15) is 12.8 Å². The molecular formula is C10H10BrClFNO. The molecule has 0 heterocycles. The van der Waals surface area contributed by atoms with Crippen LogP contribution < -0.4 is 5.32 Å². The minimum atomic E-state index is -0.461. The Morgan fingerprint density at radius 1 is 1.53 bits per heavy atom. The predicted octanol–water partition coefficient (Wildman–Crippen LogP) is 3.55. The van der Waals surface area contributed by atoms with Gasteiger partial charge in [0.1, 0.15) is 0 Å². The highest BCUT2D eigenvalue weighted by molar-refractivity contribution is 9.10. The van der Waals surface area contributed by atoms with Crippen molar-refractivity contribution < 1.29 is 9.18 Å². The van der Waals surface area contributed by atoms with Crippen LogP contribution in [0.4, 0.5) is 10.1 Å². The van der Waals surface area contributed by atoms with E-state index in [1.807, 2.05) is 0 Å². The number of carbonyl (C=O) groups is 1. The minimum Gasteiger partial charge on any atom is -0.324 e. The molecule has 0 aromatic heterocycles. The van der Waals surface area contributed by atoms with Crippen molar-refractivity contribution in [3.63, 3.8) is 0 Å². The van der Waals surface area contributed by atoms with Gasteiger partial charge in [-0.3, -0.25) is 4.79 Å². The number of rotatable bonds is 4. The van der Waals surface area contributed by atoms with Gasteiger partial charge in [-0.05, 0) is 34.5 Å². The number of amides is 1. The van der Waals surface area contributed by atoms with Gasteiger partial charge in [0.2, 0.25) is 5.91 Å². The van der Waals surface area contributed by atoms with Crippen molar-refractivity contribution in [1.82, 2.24) is 0 Å². The largest absolute Gasteiger partial charge is 0.324 e. The zero-order valence-corrected chi connectivity index (χ0v) is 10.2. The van der Waals surface area contributed by atoms with E-state index in [4.69, 9.17) is 11.6 Å². The Morgan fingerprint density at radius 2 is 2.27 bits per heavy atom. The highest BCUT2D eigenvalue weighted by Gasteiger charge is 2.08. The number of nitrogens with one attached hydrogen (secondary N) is 1. The van der Waals surface area contributed by atoms with E-state index in [1.54, 1.807) is 12.1 Å². The summed E-state index contributed by atoms with van der Waals surface area (Å²) in [5, 5.41) is 2.48. The first-order chi connectivity index (χ1) is 7.15. The van der Waals surface area contributed by atoms with Crippen LogP contribution in [0, 0.1) is 5.82 Å². The Hall–Kier alpha value is -0.610. The van der Waals surface area contributed by atoms with Crippen molar-refractivity contribution in [2.24, 2.45) is 0 Å². The summed E-state index contributed by atoms with van der Waals surface area (Å²) in [6.45, 7) is 0. The van der Waals surface area contributed by atoms with Crippen molar-refractivity contribution in [1.29, 1.82) is 0 Å². The lowest BCUT2D eigenvalue weighted by molar-refractivity contribution is -0.116. The fraction of sp³-hybridized carbons (Fsp3) is 0.300. The van der Waals surface area contributed by atoms with Crippen LogP contribution >= 0.6 is 27.5 Å². The normalized spacial score (nSPS) is 10.1. The van der Waals surface area contributed by atoms with Crippen LogP contribution in [0.3, 0.4) is 0 Å². The Bertz CT molecular complexity index is 359. The van der Waals surface area contributed by atoms with Crippen LogP contribution in [0.2, 0.25) is 0 Å². The van der Waals surface area contributed by atoms with Crippen molar-refractivity contribution in [3.05, 3.63) is 28.5 Å². The van der Waals surface area contributed by atoms with Crippen LogP contribution in [0.15, 0.2) is 22.7 Å². The molecule has 0 fully saturated rings. The Kier molecular flexibility index (Phi) is 5.05. The molecule has 2 nitrogen and oxygen atoms in total. The number of alkyl halides is 1. The first kappa shape index (κ1) is 12.5. The predicted molar refractivity (Wildman–Crippen MR) is 62.7 cm³/mol. The molecular weight excluding hydrogens is 284 g/mol. The van der Waals surface area contributed by atoms with Gasteiger partial charge in [-0.25, -0.2) is 4.39 Å². The number of anilines is 1. The van der Waals surface area contributed by atoms with E-state index in [1.165, 1.54) is 6.07 Å². The Balaban J connectivity index is 2.64. The molecule has 1 rings (SSSR count). The smallest absolute Gasteiger partial charge is 0.224 e. The monoisotopic (exact) mass is 293 g/mol. The molecule has 1 N–H and O–H groups in total. The van der Waals surface area contributed by atoms with E-state index in [0.29, 0.717) is 23.2 Å². The highest BCUT2D eigenvalue weighted by atomic mass is 79.9. The second kappa shape index (κ2) is 6.08. The maximum absolute atomic E-state index is 13.4. The fourth-order valence-corrected chi connectivity index (χ4v) is 1.54. The van der Waals surface area contributed by atoms with Crippen LogP contribution in [0.5, 0.6) is 0 Å². The van der Waals surface area contributed by atoms with Crippen LogP contribution in [0.25, 0.3) is 0 Å². The lowest BCUT2D eigenvalue weighted by Gasteiger charge is -2.06. The van der Waals surface area contributed by atoms with Crippen molar-refractivity contribution in [2.75, 3.05) is 11.2 Å². The Labute approximate surface area is 101 Å². The van der Waals surface area contributed by atoms with Gasteiger partial charge in [0.05, 0.1) is 10.2 Å². The number of hydrogen-bond donors (Lipinski definition) is 1. The van der Waals surface area contributed by atoms with E-state index in [0.717, 1.165) is 0 Å². The molecule has 0 saturated carbocycles. The van der Waals surface area contributed by atoms with Gasteiger partial charge >= 0.3 is 0 Å². The molecule has 0 unspecified atom stereocenters. The van der Waals surface area contributed by atoms with Gasteiger partial charge < -0.3 is 5.32 Å². The SMILES string of the molecule is O=C(CCCCl)Nc1cccc(Br)c1F. The summed E-state index contributed by atoms with van der Waals surface area (Å²) < 4.78 is 13.7. The quantitative estimate of drug-likeness (QED) is 0.846. The van der Waals surface area contributed by atoms with E-state index in [-0.39, 0.29) is 11.6 Å². The van der Waals surface area contributed by atoms with E-state index >= 15 is 0 Å². The average Bonchev–Trinajstić information content (AvgIpc) is 2.22. The molecule has 1 aromatic carbocycles. The van der Waals surface area contributed by atoms with Gasteiger partial charge in [0.25, 0.3) is 0 Å². The molecule has 1 aromatic rings. The zero-order chi connectivity index (χ0) is 11.3. The third-order valence-corrected chi connectivity index (χ3v) is 2.64. The van der Waals surface area contributed by atoms with E-state index in [9.17, 15) is 9.18 Å². The third-order valence-electron chi connectivity index (χ3n) is 1.76.